The predicted octanol–water partition coefficient (Wildman–Crippen LogP) is 1.98. The molecule has 0 fully saturated rings. The van der Waals surface area contributed by atoms with E-state index in [4.69, 9.17) is 5.11 Å². The maximum absolute atomic E-state index is 12.2. The van der Waals surface area contributed by atoms with Gasteiger partial charge in [-0.05, 0) is 6.08 Å². The van der Waals surface area contributed by atoms with Gasteiger partial charge in [0.15, 0.2) is 6.04 Å². The number of carbonyl (C=O) groups is 1. The van der Waals surface area contributed by atoms with Gasteiger partial charge in [0.25, 0.3) is 0 Å². The smallest absolute Gasteiger partial charge is 0.412 e. The normalized spacial score (nSPS) is 22.1. The van der Waals surface area contributed by atoms with Crippen molar-refractivity contribution < 1.29 is 23.1 Å². The van der Waals surface area contributed by atoms with Crippen LogP contribution in [0.3, 0.4) is 0 Å². The molecule has 1 aliphatic rings. The van der Waals surface area contributed by atoms with Crippen LogP contribution in [-0.4, -0.2) is 28.3 Å². The summed E-state index contributed by atoms with van der Waals surface area (Å²) in [5.74, 6) is 0. The number of allylic oxidation sites excluding steroid dienone is 2. The molecule has 13 heavy (non-hydrogen) atoms. The third kappa shape index (κ3) is 2.01. The molecule has 1 N–H and O–H groups in total. The van der Waals surface area contributed by atoms with E-state index in [0.717, 1.165) is 18.4 Å². The van der Waals surface area contributed by atoms with Crippen LogP contribution in [0.5, 0.6) is 0 Å². The summed E-state index contributed by atoms with van der Waals surface area (Å²) < 4.78 is 36.5. The van der Waals surface area contributed by atoms with E-state index in [1.165, 1.54) is 6.08 Å². The van der Waals surface area contributed by atoms with Crippen molar-refractivity contribution in [1.29, 1.82) is 0 Å². The lowest BCUT2D eigenvalue weighted by Gasteiger charge is -2.27. The molecule has 0 aliphatic carbocycles. The molecule has 0 saturated carbocycles. The summed E-state index contributed by atoms with van der Waals surface area (Å²) >= 11 is 0. The minimum Gasteiger partial charge on any atom is -0.465 e. The Morgan fingerprint density at radius 2 is 2.00 bits per heavy atom. The molecule has 6 heteroatoms. The molecule has 0 aromatic heterocycles. The van der Waals surface area contributed by atoms with Crippen LogP contribution >= 0.6 is 0 Å². The first-order chi connectivity index (χ1) is 5.93. The number of hydrogen-bond donors (Lipinski definition) is 1. The van der Waals surface area contributed by atoms with Gasteiger partial charge >= 0.3 is 12.3 Å². The van der Waals surface area contributed by atoms with Crippen LogP contribution in [0.2, 0.25) is 0 Å². The molecular formula is C7H6F3NO2. The van der Waals surface area contributed by atoms with Crippen LogP contribution in [0.15, 0.2) is 24.4 Å². The van der Waals surface area contributed by atoms with E-state index in [1.807, 2.05) is 0 Å². The molecule has 0 bridgehead atoms. The quantitative estimate of drug-likeness (QED) is 0.639. The number of amides is 1. The highest BCUT2D eigenvalue weighted by atomic mass is 19.4. The molecule has 1 rings (SSSR count). The van der Waals surface area contributed by atoms with Gasteiger partial charge in [0.05, 0.1) is 0 Å². The van der Waals surface area contributed by atoms with Gasteiger partial charge in [0, 0.05) is 6.20 Å². The fourth-order valence-electron chi connectivity index (χ4n) is 0.947. The Balaban J connectivity index is 2.89. The van der Waals surface area contributed by atoms with Crippen molar-refractivity contribution in [3.05, 3.63) is 24.4 Å². The van der Waals surface area contributed by atoms with E-state index < -0.39 is 18.3 Å². The SMILES string of the molecule is O=C(O)N1C=CC=C[C@H]1C(F)(F)F. The average molecular weight is 193 g/mol. The maximum atomic E-state index is 12.2. The van der Waals surface area contributed by atoms with E-state index >= 15 is 0 Å². The van der Waals surface area contributed by atoms with Crippen molar-refractivity contribution in [1.82, 2.24) is 4.90 Å². The molecule has 0 spiro atoms. The maximum Gasteiger partial charge on any atom is 0.412 e. The Bertz CT molecular complexity index is 269. The van der Waals surface area contributed by atoms with Gasteiger partial charge in [0.1, 0.15) is 0 Å². The van der Waals surface area contributed by atoms with E-state index in [9.17, 15) is 18.0 Å². The molecule has 0 radical (unpaired) electrons. The van der Waals surface area contributed by atoms with E-state index in [2.05, 4.69) is 0 Å². The van der Waals surface area contributed by atoms with Crippen LogP contribution in [0.25, 0.3) is 0 Å². The van der Waals surface area contributed by atoms with Gasteiger partial charge in [-0.1, -0.05) is 12.2 Å². The lowest BCUT2D eigenvalue weighted by atomic mass is 10.2. The Labute approximate surface area is 71.8 Å². The van der Waals surface area contributed by atoms with Gasteiger partial charge < -0.3 is 5.11 Å². The van der Waals surface area contributed by atoms with Crippen molar-refractivity contribution in [2.45, 2.75) is 12.2 Å². The monoisotopic (exact) mass is 193 g/mol. The van der Waals surface area contributed by atoms with E-state index in [-0.39, 0.29) is 4.90 Å². The summed E-state index contributed by atoms with van der Waals surface area (Å²) in [4.78, 5) is 10.6. The summed E-state index contributed by atoms with van der Waals surface area (Å²) in [6.07, 6.45) is -2.13. The molecule has 0 unspecified atom stereocenters. The highest BCUT2D eigenvalue weighted by molar-refractivity contribution is 5.67. The number of hydrogen-bond acceptors (Lipinski definition) is 1. The Hall–Kier alpha value is -1.46. The summed E-state index contributed by atoms with van der Waals surface area (Å²) in [5.41, 5.74) is 0. The van der Waals surface area contributed by atoms with Crippen LogP contribution in [0.4, 0.5) is 18.0 Å². The highest BCUT2D eigenvalue weighted by Crippen LogP contribution is 2.27. The molecule has 0 aromatic carbocycles. The zero-order valence-electron chi connectivity index (χ0n) is 6.32. The third-order valence-corrected chi connectivity index (χ3v) is 1.51. The topological polar surface area (TPSA) is 40.5 Å². The number of halogens is 3. The highest BCUT2D eigenvalue weighted by Gasteiger charge is 2.43. The summed E-state index contributed by atoms with van der Waals surface area (Å²) in [5, 5.41) is 8.41. The molecule has 1 amide bonds. The summed E-state index contributed by atoms with van der Waals surface area (Å²) in [6, 6.07) is -2.07. The van der Waals surface area contributed by atoms with Gasteiger partial charge in [-0.2, -0.15) is 13.2 Å². The summed E-state index contributed by atoms with van der Waals surface area (Å²) in [6.45, 7) is 0. The fourth-order valence-corrected chi connectivity index (χ4v) is 0.947. The van der Waals surface area contributed by atoms with Gasteiger partial charge in [-0.15, -0.1) is 0 Å². The summed E-state index contributed by atoms with van der Waals surface area (Å²) in [7, 11) is 0. The molecular weight excluding hydrogens is 187 g/mol. The van der Waals surface area contributed by atoms with Crippen LogP contribution < -0.4 is 0 Å². The Morgan fingerprint density at radius 3 is 2.38 bits per heavy atom. The second-order valence-electron chi connectivity index (χ2n) is 2.40. The molecule has 72 valence electrons. The number of nitrogens with zero attached hydrogens (tertiary/aromatic N) is 1. The van der Waals surface area contributed by atoms with Crippen molar-refractivity contribution in [2.24, 2.45) is 0 Å². The van der Waals surface area contributed by atoms with Crippen molar-refractivity contribution >= 4 is 6.09 Å². The first kappa shape index (κ1) is 9.63. The number of carboxylic acid groups (broad SMARTS) is 1. The van der Waals surface area contributed by atoms with E-state index in [0.29, 0.717) is 0 Å². The largest absolute Gasteiger partial charge is 0.465 e. The Kier molecular flexibility index (Phi) is 2.31. The second kappa shape index (κ2) is 3.12. The first-order valence-corrected chi connectivity index (χ1v) is 3.36. The lowest BCUT2D eigenvalue weighted by molar-refractivity contribution is -0.160. The Morgan fingerprint density at radius 1 is 1.38 bits per heavy atom. The zero-order valence-corrected chi connectivity index (χ0v) is 6.32. The third-order valence-electron chi connectivity index (χ3n) is 1.51. The molecule has 0 saturated heterocycles. The minimum absolute atomic E-state index is 0.208. The second-order valence-corrected chi connectivity index (χ2v) is 2.40. The van der Waals surface area contributed by atoms with Gasteiger partial charge in [-0.3, -0.25) is 4.90 Å². The average Bonchev–Trinajstić information content (AvgIpc) is 2.03. The molecule has 1 aliphatic heterocycles. The molecule has 3 nitrogen and oxygen atoms in total. The number of rotatable bonds is 0. The molecule has 1 atom stereocenters. The van der Waals surface area contributed by atoms with Crippen LogP contribution in [-0.2, 0) is 0 Å². The minimum atomic E-state index is -4.57. The molecule has 0 aromatic rings. The van der Waals surface area contributed by atoms with Crippen molar-refractivity contribution in [2.75, 3.05) is 0 Å². The van der Waals surface area contributed by atoms with Crippen molar-refractivity contribution in [3.8, 4) is 0 Å². The van der Waals surface area contributed by atoms with Crippen LogP contribution in [0, 0.1) is 0 Å². The first-order valence-electron chi connectivity index (χ1n) is 3.36. The van der Waals surface area contributed by atoms with Gasteiger partial charge in [-0.25, -0.2) is 4.79 Å². The number of alkyl halides is 3. The fraction of sp³-hybridized carbons (Fsp3) is 0.286. The molecule has 1 heterocycles. The predicted molar refractivity (Wildman–Crippen MR) is 38.0 cm³/mol. The van der Waals surface area contributed by atoms with E-state index in [1.54, 1.807) is 0 Å². The zero-order chi connectivity index (χ0) is 10.1. The van der Waals surface area contributed by atoms with Gasteiger partial charge in [0.2, 0.25) is 0 Å². The standard InChI is InChI=1S/C7H6F3NO2/c8-7(9,10)5-3-1-2-4-11(5)6(12)13/h1-5H,(H,12,13)/t5-/m0/s1. The van der Waals surface area contributed by atoms with Crippen LogP contribution in [0.1, 0.15) is 0 Å². The van der Waals surface area contributed by atoms with Crippen molar-refractivity contribution in [3.63, 3.8) is 0 Å². The lowest BCUT2D eigenvalue weighted by Crippen LogP contribution is -2.44.